The topological polar surface area (TPSA) is 75.3 Å². The molecule has 0 aliphatic rings. The summed E-state index contributed by atoms with van der Waals surface area (Å²) < 4.78 is 30.6. The maximum Gasteiger partial charge on any atom is 0.260 e. The normalized spacial score (nSPS) is 14.2. The van der Waals surface area contributed by atoms with E-state index in [-0.39, 0.29) is 16.9 Å². The number of H-pyrrole nitrogens is 1. The van der Waals surface area contributed by atoms with E-state index in [2.05, 4.69) is 10.2 Å². The number of sulfonamides is 1. The standard InChI is InChI=1S/C9H16ClN3O3S/c1-7(6-16-3)13(2)17(14,15)9-8(4-10)5-11-12-9/h5,7H,4,6H2,1-3H3,(H,11,12). The summed E-state index contributed by atoms with van der Waals surface area (Å²) >= 11 is 5.66. The molecular weight excluding hydrogens is 266 g/mol. The highest BCUT2D eigenvalue weighted by atomic mass is 35.5. The number of nitrogens with zero attached hydrogens (tertiary/aromatic N) is 2. The number of aromatic nitrogens is 2. The predicted octanol–water partition coefficient (Wildman–Crippen LogP) is 0.804. The van der Waals surface area contributed by atoms with Crippen LogP contribution in [0.1, 0.15) is 12.5 Å². The lowest BCUT2D eigenvalue weighted by Gasteiger charge is -2.23. The van der Waals surface area contributed by atoms with E-state index < -0.39 is 10.0 Å². The van der Waals surface area contributed by atoms with E-state index in [0.717, 1.165) is 0 Å². The highest BCUT2D eigenvalue weighted by Crippen LogP contribution is 2.19. The van der Waals surface area contributed by atoms with Crippen LogP contribution in [0.4, 0.5) is 0 Å². The minimum atomic E-state index is -3.61. The zero-order valence-electron chi connectivity index (χ0n) is 9.97. The van der Waals surface area contributed by atoms with Crippen molar-refractivity contribution >= 4 is 21.6 Å². The Bertz CT molecular complexity index is 460. The maximum absolute atomic E-state index is 12.2. The molecule has 1 unspecified atom stereocenters. The van der Waals surface area contributed by atoms with E-state index in [9.17, 15) is 8.42 Å². The molecule has 1 rings (SSSR count). The summed E-state index contributed by atoms with van der Waals surface area (Å²) in [5, 5.41) is 6.21. The summed E-state index contributed by atoms with van der Waals surface area (Å²) in [4.78, 5) is 0. The molecule has 0 aliphatic heterocycles. The monoisotopic (exact) mass is 281 g/mol. The van der Waals surface area contributed by atoms with Gasteiger partial charge in [0.15, 0.2) is 5.03 Å². The Morgan fingerprint density at radius 3 is 2.82 bits per heavy atom. The first-order valence-electron chi connectivity index (χ1n) is 5.00. The van der Waals surface area contributed by atoms with Crippen molar-refractivity contribution in [1.29, 1.82) is 0 Å². The number of alkyl halides is 1. The largest absolute Gasteiger partial charge is 0.383 e. The second-order valence-corrected chi connectivity index (χ2v) is 5.89. The van der Waals surface area contributed by atoms with Crippen LogP contribution in [0, 0.1) is 0 Å². The van der Waals surface area contributed by atoms with E-state index in [0.29, 0.717) is 12.2 Å². The lowest BCUT2D eigenvalue weighted by Crippen LogP contribution is -2.38. The van der Waals surface area contributed by atoms with E-state index in [1.165, 1.54) is 24.7 Å². The molecule has 1 atom stereocenters. The van der Waals surface area contributed by atoms with Gasteiger partial charge in [0, 0.05) is 25.8 Å². The number of methoxy groups -OCH3 is 1. The van der Waals surface area contributed by atoms with Crippen molar-refractivity contribution in [2.45, 2.75) is 23.9 Å². The van der Waals surface area contributed by atoms with Crippen LogP contribution in [0.2, 0.25) is 0 Å². The van der Waals surface area contributed by atoms with E-state index in [1.54, 1.807) is 6.92 Å². The number of rotatable bonds is 6. The molecule has 1 N–H and O–H groups in total. The lowest BCUT2D eigenvalue weighted by molar-refractivity contribution is 0.149. The predicted molar refractivity (Wildman–Crippen MR) is 64.4 cm³/mol. The summed E-state index contributed by atoms with van der Waals surface area (Å²) in [7, 11) is -0.586. The fourth-order valence-corrected chi connectivity index (χ4v) is 3.07. The van der Waals surface area contributed by atoms with Crippen molar-refractivity contribution in [2.24, 2.45) is 0 Å². The molecule has 17 heavy (non-hydrogen) atoms. The van der Waals surface area contributed by atoms with Crippen molar-refractivity contribution < 1.29 is 13.2 Å². The third-order valence-electron chi connectivity index (χ3n) is 2.49. The molecule has 6 nitrogen and oxygen atoms in total. The smallest absolute Gasteiger partial charge is 0.260 e. The Morgan fingerprint density at radius 2 is 2.29 bits per heavy atom. The first-order valence-corrected chi connectivity index (χ1v) is 6.97. The average molecular weight is 282 g/mol. The molecule has 0 fully saturated rings. The van der Waals surface area contributed by atoms with Crippen molar-refractivity contribution in [3.8, 4) is 0 Å². The molecule has 1 aromatic heterocycles. The van der Waals surface area contributed by atoms with Crippen LogP contribution in [0.5, 0.6) is 0 Å². The Labute approximate surface area is 106 Å². The van der Waals surface area contributed by atoms with Crippen LogP contribution in [0.3, 0.4) is 0 Å². The summed E-state index contributed by atoms with van der Waals surface area (Å²) in [5.74, 6) is 0.0948. The SMILES string of the molecule is COCC(C)N(C)S(=O)(=O)c1[nH]ncc1CCl. The zero-order valence-corrected chi connectivity index (χ0v) is 11.5. The van der Waals surface area contributed by atoms with E-state index in [1.807, 2.05) is 0 Å². The number of nitrogens with one attached hydrogen (secondary N) is 1. The van der Waals surface area contributed by atoms with Gasteiger partial charge in [0.1, 0.15) is 0 Å². The quantitative estimate of drug-likeness (QED) is 0.783. The molecular formula is C9H16ClN3O3S. The van der Waals surface area contributed by atoms with Crippen LogP contribution < -0.4 is 0 Å². The number of hydrogen-bond acceptors (Lipinski definition) is 4. The number of halogens is 1. The first-order chi connectivity index (χ1) is 7.95. The average Bonchev–Trinajstić information content (AvgIpc) is 2.76. The second kappa shape index (κ2) is 5.81. The Morgan fingerprint density at radius 1 is 1.65 bits per heavy atom. The minimum Gasteiger partial charge on any atom is -0.383 e. The van der Waals surface area contributed by atoms with Crippen LogP contribution in [-0.2, 0) is 20.6 Å². The Balaban J connectivity index is 3.03. The third-order valence-corrected chi connectivity index (χ3v) is 4.76. The van der Waals surface area contributed by atoms with Gasteiger partial charge in [-0.15, -0.1) is 11.6 Å². The lowest BCUT2D eigenvalue weighted by atomic mass is 10.4. The van der Waals surface area contributed by atoms with E-state index in [4.69, 9.17) is 16.3 Å². The highest BCUT2D eigenvalue weighted by molar-refractivity contribution is 7.89. The zero-order chi connectivity index (χ0) is 13.1. The van der Waals surface area contributed by atoms with Crippen molar-refractivity contribution in [1.82, 2.24) is 14.5 Å². The second-order valence-electron chi connectivity index (χ2n) is 3.68. The van der Waals surface area contributed by atoms with Gasteiger partial charge in [-0.25, -0.2) is 8.42 Å². The molecule has 0 aromatic carbocycles. The third kappa shape index (κ3) is 2.98. The fraction of sp³-hybridized carbons (Fsp3) is 0.667. The van der Waals surface area contributed by atoms with Gasteiger partial charge in [-0.2, -0.15) is 9.40 Å². The molecule has 0 aliphatic carbocycles. The maximum atomic E-state index is 12.2. The van der Waals surface area contributed by atoms with Crippen LogP contribution in [0.25, 0.3) is 0 Å². The van der Waals surface area contributed by atoms with Crippen molar-refractivity contribution in [3.05, 3.63) is 11.8 Å². The van der Waals surface area contributed by atoms with Gasteiger partial charge >= 0.3 is 0 Å². The molecule has 0 saturated carbocycles. The molecule has 8 heteroatoms. The number of aromatic amines is 1. The van der Waals surface area contributed by atoms with Crippen LogP contribution >= 0.6 is 11.6 Å². The summed E-state index contributed by atoms with van der Waals surface area (Å²) in [6.07, 6.45) is 1.41. The van der Waals surface area contributed by atoms with Crippen LogP contribution in [0.15, 0.2) is 11.2 Å². The molecule has 1 aromatic rings. The Kier molecular flexibility index (Phi) is 4.93. The summed E-state index contributed by atoms with van der Waals surface area (Å²) in [6, 6.07) is -0.267. The molecule has 0 spiro atoms. The fourth-order valence-electron chi connectivity index (χ4n) is 1.34. The molecule has 0 saturated heterocycles. The van der Waals surface area contributed by atoms with Crippen molar-refractivity contribution in [2.75, 3.05) is 20.8 Å². The first kappa shape index (κ1) is 14.4. The number of likely N-dealkylation sites (N-methyl/N-ethyl adjacent to an activating group) is 1. The Hall–Kier alpha value is -0.630. The molecule has 0 amide bonds. The van der Waals surface area contributed by atoms with Gasteiger partial charge in [0.05, 0.1) is 18.7 Å². The van der Waals surface area contributed by atoms with Gasteiger partial charge in [-0.1, -0.05) is 0 Å². The number of ether oxygens (including phenoxy) is 1. The van der Waals surface area contributed by atoms with E-state index >= 15 is 0 Å². The highest BCUT2D eigenvalue weighted by Gasteiger charge is 2.28. The number of hydrogen-bond donors (Lipinski definition) is 1. The summed E-state index contributed by atoms with van der Waals surface area (Å²) in [6.45, 7) is 2.08. The minimum absolute atomic E-state index is 0.0398. The van der Waals surface area contributed by atoms with Gasteiger partial charge in [-0.3, -0.25) is 5.10 Å². The van der Waals surface area contributed by atoms with Gasteiger partial charge < -0.3 is 4.74 Å². The molecule has 98 valence electrons. The van der Waals surface area contributed by atoms with Gasteiger partial charge in [0.25, 0.3) is 10.0 Å². The molecule has 0 radical (unpaired) electrons. The summed E-state index contributed by atoms with van der Waals surface area (Å²) in [5.41, 5.74) is 0.461. The van der Waals surface area contributed by atoms with Gasteiger partial charge in [0.2, 0.25) is 0 Å². The van der Waals surface area contributed by atoms with Crippen molar-refractivity contribution in [3.63, 3.8) is 0 Å². The molecule has 1 heterocycles. The van der Waals surface area contributed by atoms with Crippen LogP contribution in [-0.4, -0.2) is 49.7 Å². The van der Waals surface area contributed by atoms with Gasteiger partial charge in [-0.05, 0) is 6.92 Å². The molecule has 0 bridgehead atoms.